The summed E-state index contributed by atoms with van der Waals surface area (Å²) in [4.78, 5) is 0.996. The molecule has 0 aliphatic carbocycles. The van der Waals surface area contributed by atoms with Crippen molar-refractivity contribution in [1.82, 2.24) is 0 Å². The van der Waals surface area contributed by atoms with Crippen LogP contribution in [0, 0.1) is 0 Å². The first-order valence-electron chi connectivity index (χ1n) is 5.42. The summed E-state index contributed by atoms with van der Waals surface area (Å²) in [6.45, 7) is 0.932. The lowest BCUT2D eigenvalue weighted by atomic mass is 10.1. The number of nitrogens with one attached hydrogen (secondary N) is 1. The number of hydrogen-bond acceptors (Lipinski definition) is 2. The number of hydrogen-bond donors (Lipinski definition) is 2. The van der Waals surface area contributed by atoms with Gasteiger partial charge in [-0.05, 0) is 24.1 Å². The Bertz CT molecular complexity index is 439. The summed E-state index contributed by atoms with van der Waals surface area (Å²) in [6, 6.07) is 18.5. The first-order chi connectivity index (χ1) is 7.86. The lowest BCUT2D eigenvalue weighted by Crippen LogP contribution is -2.05. The Hall–Kier alpha value is -1.41. The van der Waals surface area contributed by atoms with E-state index in [1.54, 1.807) is 0 Å². The summed E-state index contributed by atoms with van der Waals surface area (Å²) in [5.74, 6) is 0. The summed E-state index contributed by atoms with van der Waals surface area (Å²) in [5, 5.41) is 3.39. The second-order valence-corrected chi connectivity index (χ2v) is 4.16. The predicted molar refractivity (Wildman–Crippen MR) is 72.3 cm³/mol. The lowest BCUT2D eigenvalue weighted by molar-refractivity contribution is 1.01. The van der Waals surface area contributed by atoms with Crippen molar-refractivity contribution in [2.45, 2.75) is 11.3 Å². The van der Waals surface area contributed by atoms with Crippen LogP contribution < -0.4 is 5.32 Å². The zero-order chi connectivity index (χ0) is 11.2. The third-order valence-electron chi connectivity index (χ3n) is 2.48. The van der Waals surface area contributed by atoms with E-state index in [1.807, 2.05) is 30.3 Å². The van der Waals surface area contributed by atoms with Crippen molar-refractivity contribution in [3.63, 3.8) is 0 Å². The molecular formula is C14H15NS. The van der Waals surface area contributed by atoms with Crippen LogP contribution >= 0.6 is 12.6 Å². The molecule has 0 aromatic heterocycles. The third-order valence-corrected chi connectivity index (χ3v) is 2.87. The molecule has 2 rings (SSSR count). The molecule has 0 unspecified atom stereocenters. The SMILES string of the molecule is Sc1ccccc1NCCc1ccccc1. The van der Waals surface area contributed by atoms with E-state index in [2.05, 4.69) is 42.2 Å². The van der Waals surface area contributed by atoms with E-state index in [0.717, 1.165) is 23.5 Å². The van der Waals surface area contributed by atoms with Gasteiger partial charge in [-0.3, -0.25) is 0 Å². The van der Waals surface area contributed by atoms with Gasteiger partial charge < -0.3 is 5.32 Å². The summed E-state index contributed by atoms with van der Waals surface area (Å²) < 4.78 is 0. The Balaban J connectivity index is 1.87. The van der Waals surface area contributed by atoms with Crippen molar-refractivity contribution in [3.8, 4) is 0 Å². The van der Waals surface area contributed by atoms with Gasteiger partial charge in [-0.25, -0.2) is 0 Å². The molecule has 16 heavy (non-hydrogen) atoms. The molecule has 1 nitrogen and oxygen atoms in total. The Morgan fingerprint density at radius 1 is 0.875 bits per heavy atom. The molecule has 0 heterocycles. The van der Waals surface area contributed by atoms with Gasteiger partial charge >= 0.3 is 0 Å². The first kappa shape index (κ1) is 11.1. The monoisotopic (exact) mass is 229 g/mol. The van der Waals surface area contributed by atoms with Crippen molar-refractivity contribution in [2.75, 3.05) is 11.9 Å². The highest BCUT2D eigenvalue weighted by molar-refractivity contribution is 7.80. The number of para-hydroxylation sites is 1. The van der Waals surface area contributed by atoms with E-state index >= 15 is 0 Å². The molecule has 82 valence electrons. The maximum atomic E-state index is 4.40. The first-order valence-corrected chi connectivity index (χ1v) is 5.87. The van der Waals surface area contributed by atoms with Gasteiger partial charge in [0.15, 0.2) is 0 Å². The van der Waals surface area contributed by atoms with E-state index in [-0.39, 0.29) is 0 Å². The van der Waals surface area contributed by atoms with Crippen LogP contribution in [0.25, 0.3) is 0 Å². The van der Waals surface area contributed by atoms with Crippen LogP contribution in [0.2, 0.25) is 0 Å². The van der Waals surface area contributed by atoms with Crippen molar-refractivity contribution in [2.24, 2.45) is 0 Å². The summed E-state index contributed by atoms with van der Waals surface area (Å²) in [7, 11) is 0. The molecule has 0 amide bonds. The van der Waals surface area contributed by atoms with Crippen LogP contribution in [-0.4, -0.2) is 6.54 Å². The van der Waals surface area contributed by atoms with Gasteiger partial charge in [0.1, 0.15) is 0 Å². The molecular weight excluding hydrogens is 214 g/mol. The van der Waals surface area contributed by atoms with E-state index in [0.29, 0.717) is 0 Å². The van der Waals surface area contributed by atoms with Crippen LogP contribution in [0.5, 0.6) is 0 Å². The molecule has 0 saturated carbocycles. The molecule has 0 fully saturated rings. The lowest BCUT2D eigenvalue weighted by Gasteiger charge is -2.08. The van der Waals surface area contributed by atoms with Crippen molar-refractivity contribution in [1.29, 1.82) is 0 Å². The Morgan fingerprint density at radius 3 is 2.31 bits per heavy atom. The molecule has 0 atom stereocenters. The smallest absolute Gasteiger partial charge is 0.0475 e. The van der Waals surface area contributed by atoms with Gasteiger partial charge in [0.2, 0.25) is 0 Å². The highest BCUT2D eigenvalue weighted by Gasteiger charge is 1.96. The molecule has 2 heteroatoms. The molecule has 0 saturated heterocycles. The fraction of sp³-hybridized carbons (Fsp3) is 0.143. The normalized spacial score (nSPS) is 10.1. The highest BCUT2D eigenvalue weighted by atomic mass is 32.1. The van der Waals surface area contributed by atoms with Gasteiger partial charge in [0, 0.05) is 17.1 Å². The van der Waals surface area contributed by atoms with Gasteiger partial charge in [0.05, 0.1) is 0 Å². The Morgan fingerprint density at radius 2 is 1.56 bits per heavy atom. The predicted octanol–water partition coefficient (Wildman–Crippen LogP) is 3.63. The molecule has 0 aliphatic rings. The fourth-order valence-electron chi connectivity index (χ4n) is 1.61. The number of rotatable bonds is 4. The minimum Gasteiger partial charge on any atom is -0.384 e. The largest absolute Gasteiger partial charge is 0.384 e. The van der Waals surface area contributed by atoms with Crippen LogP contribution in [0.15, 0.2) is 59.5 Å². The molecule has 0 radical (unpaired) electrons. The van der Waals surface area contributed by atoms with Crippen LogP contribution in [0.4, 0.5) is 5.69 Å². The third kappa shape index (κ3) is 3.04. The van der Waals surface area contributed by atoms with Gasteiger partial charge in [-0.1, -0.05) is 42.5 Å². The van der Waals surface area contributed by atoms with Crippen LogP contribution in [-0.2, 0) is 6.42 Å². The average molecular weight is 229 g/mol. The highest BCUT2D eigenvalue weighted by Crippen LogP contribution is 2.18. The topological polar surface area (TPSA) is 12.0 Å². The molecule has 2 aromatic carbocycles. The van der Waals surface area contributed by atoms with E-state index in [9.17, 15) is 0 Å². The number of anilines is 1. The Kier molecular flexibility index (Phi) is 3.89. The molecule has 0 aliphatic heterocycles. The molecule has 1 N–H and O–H groups in total. The number of thiol groups is 1. The molecule has 0 spiro atoms. The van der Waals surface area contributed by atoms with Gasteiger partial charge in [-0.2, -0.15) is 0 Å². The Labute approximate surface area is 102 Å². The summed E-state index contributed by atoms with van der Waals surface area (Å²) in [5.41, 5.74) is 2.45. The quantitative estimate of drug-likeness (QED) is 0.763. The maximum Gasteiger partial charge on any atom is 0.0475 e. The zero-order valence-corrected chi connectivity index (χ0v) is 9.95. The molecule has 0 bridgehead atoms. The fourth-order valence-corrected chi connectivity index (χ4v) is 1.85. The second-order valence-electron chi connectivity index (χ2n) is 3.68. The standard InChI is InChI=1S/C14H15NS/c16-14-9-5-4-8-13(14)15-11-10-12-6-2-1-3-7-12/h1-9,15-16H,10-11H2. The minimum absolute atomic E-state index is 0.932. The number of benzene rings is 2. The minimum atomic E-state index is 0.932. The van der Waals surface area contributed by atoms with E-state index in [4.69, 9.17) is 0 Å². The van der Waals surface area contributed by atoms with Gasteiger partial charge in [-0.15, -0.1) is 12.6 Å². The van der Waals surface area contributed by atoms with Crippen molar-refractivity contribution in [3.05, 3.63) is 60.2 Å². The zero-order valence-electron chi connectivity index (χ0n) is 9.06. The van der Waals surface area contributed by atoms with Crippen LogP contribution in [0.1, 0.15) is 5.56 Å². The van der Waals surface area contributed by atoms with E-state index in [1.165, 1.54) is 5.56 Å². The maximum absolute atomic E-state index is 4.40. The van der Waals surface area contributed by atoms with E-state index < -0.39 is 0 Å². The van der Waals surface area contributed by atoms with Crippen LogP contribution in [0.3, 0.4) is 0 Å². The summed E-state index contributed by atoms with van der Waals surface area (Å²) >= 11 is 4.40. The van der Waals surface area contributed by atoms with Gasteiger partial charge in [0.25, 0.3) is 0 Å². The average Bonchev–Trinajstić information content (AvgIpc) is 2.33. The molecule has 2 aromatic rings. The van der Waals surface area contributed by atoms with Crippen molar-refractivity contribution >= 4 is 18.3 Å². The van der Waals surface area contributed by atoms with Crippen molar-refractivity contribution < 1.29 is 0 Å². The summed E-state index contributed by atoms with van der Waals surface area (Å²) in [6.07, 6.45) is 1.03. The second kappa shape index (κ2) is 5.61.